The van der Waals surface area contributed by atoms with E-state index in [0.717, 1.165) is 48.1 Å². The van der Waals surface area contributed by atoms with Crippen molar-refractivity contribution in [2.24, 2.45) is 0 Å². The third-order valence-corrected chi connectivity index (χ3v) is 5.01. The predicted octanol–water partition coefficient (Wildman–Crippen LogP) is 3.65. The molecule has 1 saturated heterocycles. The third kappa shape index (κ3) is 5.45. The molecule has 0 unspecified atom stereocenters. The van der Waals surface area contributed by atoms with Gasteiger partial charge in [-0.15, -0.1) is 12.4 Å². The molecule has 146 valence electrons. The minimum Gasteiger partial charge on any atom is -0.488 e. The lowest BCUT2D eigenvalue weighted by atomic mass is 10.0. The number of rotatable bonds is 7. The van der Waals surface area contributed by atoms with E-state index in [1.54, 1.807) is 6.08 Å². The van der Waals surface area contributed by atoms with E-state index < -0.39 is 0 Å². The first-order valence-electron chi connectivity index (χ1n) is 8.74. The number of carbonyl (C=O) groups excluding carboxylic acids is 1. The highest BCUT2D eigenvalue weighted by Gasteiger charge is 2.18. The summed E-state index contributed by atoms with van der Waals surface area (Å²) in [7, 11) is 0. The maximum Gasteiger partial charge on any atom is 0.255 e. The number of hydrogen-bond acceptors (Lipinski definition) is 4. The van der Waals surface area contributed by atoms with Gasteiger partial charge in [-0.3, -0.25) is 9.69 Å². The number of ether oxygens (including phenoxy) is 2. The lowest BCUT2D eigenvalue weighted by Gasteiger charge is -2.26. The summed E-state index contributed by atoms with van der Waals surface area (Å²) in [5, 5.41) is 4.92. The fourth-order valence-corrected chi connectivity index (χ4v) is 3.59. The first kappa shape index (κ1) is 21.7. The van der Waals surface area contributed by atoms with Crippen molar-refractivity contribution in [2.45, 2.75) is 0 Å². The largest absolute Gasteiger partial charge is 0.488 e. The van der Waals surface area contributed by atoms with Gasteiger partial charge in [-0.2, -0.15) is 0 Å². The van der Waals surface area contributed by atoms with Gasteiger partial charge < -0.3 is 14.8 Å². The summed E-state index contributed by atoms with van der Waals surface area (Å²) < 4.78 is 12.1. The van der Waals surface area contributed by atoms with Crippen molar-refractivity contribution in [1.82, 2.24) is 10.2 Å². The van der Waals surface area contributed by atoms with Gasteiger partial charge in [0.05, 0.1) is 18.8 Å². The molecule has 0 saturated carbocycles. The Morgan fingerprint density at radius 2 is 2.00 bits per heavy atom. The summed E-state index contributed by atoms with van der Waals surface area (Å²) in [5.74, 6) is 0.455. The number of carbonyl (C=O) groups is 1. The minimum atomic E-state index is -0.135. The highest BCUT2D eigenvalue weighted by Crippen LogP contribution is 2.35. The number of nitrogens with one attached hydrogen (secondary N) is 1. The molecular formula is C20H24BrClN2O3. The Balaban J connectivity index is 0.00000261. The first-order chi connectivity index (χ1) is 12.7. The molecule has 1 N–H and O–H groups in total. The zero-order chi connectivity index (χ0) is 18.4. The van der Waals surface area contributed by atoms with E-state index in [1.165, 1.54) is 0 Å². The van der Waals surface area contributed by atoms with Crippen molar-refractivity contribution in [3.63, 3.8) is 0 Å². The van der Waals surface area contributed by atoms with Crippen LogP contribution in [0.1, 0.15) is 10.4 Å². The van der Waals surface area contributed by atoms with E-state index >= 15 is 0 Å². The van der Waals surface area contributed by atoms with Crippen LogP contribution in [0.25, 0.3) is 10.8 Å². The van der Waals surface area contributed by atoms with Gasteiger partial charge >= 0.3 is 0 Å². The Kier molecular flexibility index (Phi) is 8.57. The van der Waals surface area contributed by atoms with E-state index in [4.69, 9.17) is 9.47 Å². The lowest BCUT2D eigenvalue weighted by molar-refractivity contribution is 0.0383. The van der Waals surface area contributed by atoms with Gasteiger partial charge in [0, 0.05) is 36.0 Å². The maximum absolute atomic E-state index is 12.8. The van der Waals surface area contributed by atoms with Crippen molar-refractivity contribution in [3.05, 3.63) is 53.0 Å². The van der Waals surface area contributed by atoms with Crippen molar-refractivity contribution < 1.29 is 14.3 Å². The molecule has 0 bridgehead atoms. The Hall–Kier alpha value is -1.60. The van der Waals surface area contributed by atoms with E-state index in [9.17, 15) is 4.79 Å². The summed E-state index contributed by atoms with van der Waals surface area (Å²) in [6.07, 6.45) is 1.68. The molecule has 0 spiro atoms. The minimum absolute atomic E-state index is 0. The normalized spacial score (nSPS) is 14.4. The molecule has 27 heavy (non-hydrogen) atoms. The molecule has 1 heterocycles. The van der Waals surface area contributed by atoms with Crippen LogP contribution < -0.4 is 10.1 Å². The summed E-state index contributed by atoms with van der Waals surface area (Å²) in [6, 6.07) is 9.69. The van der Waals surface area contributed by atoms with Crippen LogP contribution in [0.15, 0.2) is 47.5 Å². The van der Waals surface area contributed by atoms with Crippen LogP contribution in [0.3, 0.4) is 0 Å². The standard InChI is InChI=1S/C20H23BrN2O3.ClH/c1-2-11-26-19-16-6-4-3-5-15(16)18(21)14-17(19)20(24)22-7-8-23-9-12-25-13-10-23;/h2-6,14H,1,7-13H2,(H,22,24);1H. The molecule has 7 heteroatoms. The van der Waals surface area contributed by atoms with E-state index in [2.05, 4.69) is 32.7 Å². The number of nitrogens with zero attached hydrogens (tertiary/aromatic N) is 1. The van der Waals surface area contributed by atoms with Gasteiger partial charge in [0.1, 0.15) is 12.4 Å². The number of morpholine rings is 1. The smallest absolute Gasteiger partial charge is 0.255 e. The van der Waals surface area contributed by atoms with Crippen LogP contribution in [0.4, 0.5) is 0 Å². The van der Waals surface area contributed by atoms with Crippen molar-refractivity contribution >= 4 is 45.0 Å². The Morgan fingerprint density at radius 3 is 2.70 bits per heavy atom. The zero-order valence-corrected chi connectivity index (χ0v) is 17.5. The molecular weight excluding hydrogens is 432 g/mol. The highest BCUT2D eigenvalue weighted by molar-refractivity contribution is 9.10. The Bertz CT molecular complexity index is 794. The summed E-state index contributed by atoms with van der Waals surface area (Å²) in [4.78, 5) is 15.1. The fraction of sp³-hybridized carbons (Fsp3) is 0.350. The molecule has 0 radical (unpaired) electrons. The van der Waals surface area contributed by atoms with Crippen molar-refractivity contribution in [2.75, 3.05) is 46.0 Å². The summed E-state index contributed by atoms with van der Waals surface area (Å²) in [5.41, 5.74) is 0.527. The van der Waals surface area contributed by atoms with Crippen molar-refractivity contribution in [1.29, 1.82) is 0 Å². The van der Waals surface area contributed by atoms with Crippen LogP contribution >= 0.6 is 28.3 Å². The van der Waals surface area contributed by atoms with Gasteiger partial charge in [-0.1, -0.05) is 52.9 Å². The van der Waals surface area contributed by atoms with Crippen LogP contribution in [0, 0.1) is 0 Å². The number of fused-ring (bicyclic) bond motifs is 1. The van der Waals surface area contributed by atoms with Crippen LogP contribution in [0.2, 0.25) is 0 Å². The van der Waals surface area contributed by atoms with Gasteiger partial charge in [-0.05, 0) is 11.5 Å². The van der Waals surface area contributed by atoms with E-state index in [1.807, 2.05) is 30.3 Å². The molecule has 1 aliphatic rings. The van der Waals surface area contributed by atoms with Crippen LogP contribution in [0.5, 0.6) is 5.75 Å². The average Bonchev–Trinajstić information content (AvgIpc) is 2.68. The molecule has 2 aromatic carbocycles. The predicted molar refractivity (Wildman–Crippen MR) is 114 cm³/mol. The first-order valence-corrected chi connectivity index (χ1v) is 9.53. The van der Waals surface area contributed by atoms with Crippen LogP contribution in [-0.2, 0) is 4.74 Å². The zero-order valence-electron chi connectivity index (χ0n) is 15.1. The molecule has 2 aromatic rings. The van der Waals surface area contributed by atoms with Gasteiger partial charge in [0.2, 0.25) is 0 Å². The van der Waals surface area contributed by atoms with Crippen LogP contribution in [-0.4, -0.2) is 56.8 Å². The number of benzene rings is 2. The SMILES string of the molecule is C=CCOc1c(C(=O)NCCN2CCOCC2)cc(Br)c2ccccc12.Cl. The molecule has 0 atom stereocenters. The van der Waals surface area contributed by atoms with E-state index in [0.29, 0.717) is 24.5 Å². The number of halogens is 2. The molecule has 1 amide bonds. The average molecular weight is 456 g/mol. The second kappa shape index (κ2) is 10.7. The number of amides is 1. The van der Waals surface area contributed by atoms with Gasteiger partial charge in [0.25, 0.3) is 5.91 Å². The molecule has 1 aliphatic heterocycles. The second-order valence-electron chi connectivity index (χ2n) is 6.09. The molecule has 0 aromatic heterocycles. The quantitative estimate of drug-likeness (QED) is 0.648. The number of hydrogen-bond donors (Lipinski definition) is 1. The summed E-state index contributed by atoms with van der Waals surface area (Å²) in [6.45, 7) is 8.77. The maximum atomic E-state index is 12.8. The fourth-order valence-electron chi connectivity index (χ4n) is 3.02. The van der Waals surface area contributed by atoms with E-state index in [-0.39, 0.29) is 18.3 Å². The summed E-state index contributed by atoms with van der Waals surface area (Å²) >= 11 is 3.57. The lowest BCUT2D eigenvalue weighted by Crippen LogP contribution is -2.41. The molecule has 0 aliphatic carbocycles. The monoisotopic (exact) mass is 454 g/mol. The highest BCUT2D eigenvalue weighted by atomic mass is 79.9. The van der Waals surface area contributed by atoms with Gasteiger partial charge in [0.15, 0.2) is 0 Å². The third-order valence-electron chi connectivity index (χ3n) is 4.35. The van der Waals surface area contributed by atoms with Crippen molar-refractivity contribution in [3.8, 4) is 5.75 Å². The molecule has 5 nitrogen and oxygen atoms in total. The Labute approximate surface area is 174 Å². The molecule has 3 rings (SSSR count). The topological polar surface area (TPSA) is 50.8 Å². The molecule has 1 fully saturated rings. The van der Waals surface area contributed by atoms with Gasteiger partial charge in [-0.25, -0.2) is 0 Å². The Morgan fingerprint density at radius 1 is 1.30 bits per heavy atom. The second-order valence-corrected chi connectivity index (χ2v) is 6.94.